The number of carbonyl (C=O) groups excluding carboxylic acids is 1. The van der Waals surface area contributed by atoms with E-state index in [0.717, 1.165) is 10.4 Å². The minimum Gasteiger partial charge on any atom is -0.395 e. The topological polar surface area (TPSA) is 49.3 Å². The zero-order chi connectivity index (χ0) is 15.1. The smallest absolute Gasteiger partial charge is 0.251 e. The Kier molecular flexibility index (Phi) is 5.50. The van der Waals surface area contributed by atoms with E-state index in [1.165, 1.54) is 35.6 Å². The molecule has 1 amide bonds. The number of thiophene rings is 1. The third-order valence-corrected chi connectivity index (χ3v) is 3.59. The monoisotopic (exact) mass is 303 g/mol. The number of benzene rings is 1. The average molecular weight is 303 g/mol. The van der Waals surface area contributed by atoms with Crippen LogP contribution in [0.1, 0.15) is 27.2 Å². The van der Waals surface area contributed by atoms with Crippen molar-refractivity contribution < 1.29 is 14.3 Å². The molecule has 2 rings (SSSR count). The van der Waals surface area contributed by atoms with Gasteiger partial charge in [0.1, 0.15) is 5.82 Å². The molecule has 108 valence electrons. The summed E-state index contributed by atoms with van der Waals surface area (Å²) in [5.41, 5.74) is 1.30. The van der Waals surface area contributed by atoms with Crippen LogP contribution in [-0.4, -0.2) is 17.6 Å². The standard InChI is InChI=1S/C16H14FNO2S/c17-14-6-4-13(5-7-14)16(20)18-10-15-9-12(11-21-15)3-1-2-8-19/h4-7,9,11,19H,2,8,10H2,(H,18,20). The summed E-state index contributed by atoms with van der Waals surface area (Å²) in [6.07, 6.45) is 0.451. The fourth-order valence-corrected chi connectivity index (χ4v) is 2.39. The number of carbonyl (C=O) groups is 1. The summed E-state index contributed by atoms with van der Waals surface area (Å²) in [6, 6.07) is 7.32. The van der Waals surface area contributed by atoms with Crippen molar-refractivity contribution in [3.8, 4) is 11.8 Å². The van der Waals surface area contributed by atoms with Crippen LogP contribution in [0.4, 0.5) is 4.39 Å². The van der Waals surface area contributed by atoms with Crippen molar-refractivity contribution in [1.29, 1.82) is 0 Å². The highest BCUT2D eigenvalue weighted by atomic mass is 32.1. The van der Waals surface area contributed by atoms with Crippen LogP contribution in [0, 0.1) is 17.7 Å². The Bertz CT molecular complexity index is 668. The lowest BCUT2D eigenvalue weighted by Gasteiger charge is -2.03. The van der Waals surface area contributed by atoms with Gasteiger partial charge >= 0.3 is 0 Å². The summed E-state index contributed by atoms with van der Waals surface area (Å²) in [5.74, 6) is 5.18. The lowest BCUT2D eigenvalue weighted by Crippen LogP contribution is -2.22. The maximum Gasteiger partial charge on any atom is 0.251 e. The van der Waals surface area contributed by atoms with E-state index in [1.54, 1.807) is 0 Å². The van der Waals surface area contributed by atoms with Crippen molar-refractivity contribution in [3.05, 3.63) is 57.5 Å². The number of nitrogens with one attached hydrogen (secondary N) is 1. The van der Waals surface area contributed by atoms with Gasteiger partial charge in [-0.25, -0.2) is 4.39 Å². The molecule has 2 N–H and O–H groups in total. The first-order chi connectivity index (χ1) is 10.2. The van der Waals surface area contributed by atoms with Crippen LogP contribution in [0.2, 0.25) is 0 Å². The summed E-state index contributed by atoms with van der Waals surface area (Å²) >= 11 is 1.51. The molecule has 0 saturated heterocycles. The lowest BCUT2D eigenvalue weighted by atomic mass is 10.2. The molecular formula is C16H14FNO2S. The van der Waals surface area contributed by atoms with E-state index in [4.69, 9.17) is 5.11 Å². The molecule has 1 aromatic carbocycles. The second-order valence-electron chi connectivity index (χ2n) is 4.27. The Morgan fingerprint density at radius 2 is 2.10 bits per heavy atom. The van der Waals surface area contributed by atoms with Gasteiger partial charge in [-0.15, -0.1) is 11.3 Å². The Labute approximate surface area is 126 Å². The predicted octanol–water partition coefficient (Wildman–Crippen LogP) is 2.55. The van der Waals surface area contributed by atoms with Gasteiger partial charge in [-0.2, -0.15) is 0 Å². The predicted molar refractivity (Wildman–Crippen MR) is 80.5 cm³/mol. The molecule has 0 radical (unpaired) electrons. The van der Waals surface area contributed by atoms with Gasteiger partial charge in [-0.05, 0) is 30.3 Å². The second kappa shape index (κ2) is 7.58. The number of aliphatic hydroxyl groups is 1. The van der Waals surface area contributed by atoms with Crippen molar-refractivity contribution in [1.82, 2.24) is 5.32 Å². The van der Waals surface area contributed by atoms with Crippen molar-refractivity contribution >= 4 is 17.2 Å². The molecule has 1 heterocycles. The molecule has 0 saturated carbocycles. The Hall–Kier alpha value is -2.16. The first-order valence-corrected chi connectivity index (χ1v) is 7.28. The molecule has 0 aliphatic heterocycles. The van der Waals surface area contributed by atoms with Crippen molar-refractivity contribution in [2.24, 2.45) is 0 Å². The van der Waals surface area contributed by atoms with Crippen LogP contribution in [0.25, 0.3) is 0 Å². The third-order valence-electron chi connectivity index (χ3n) is 2.65. The van der Waals surface area contributed by atoms with Crippen molar-refractivity contribution in [2.75, 3.05) is 6.61 Å². The second-order valence-corrected chi connectivity index (χ2v) is 5.26. The van der Waals surface area contributed by atoms with E-state index in [1.807, 2.05) is 11.4 Å². The van der Waals surface area contributed by atoms with E-state index in [9.17, 15) is 9.18 Å². The summed E-state index contributed by atoms with van der Waals surface area (Å²) in [6.45, 7) is 0.459. The van der Waals surface area contributed by atoms with Gasteiger partial charge in [0.05, 0.1) is 13.2 Å². The number of rotatable bonds is 4. The molecule has 1 aromatic heterocycles. The van der Waals surface area contributed by atoms with Gasteiger partial charge in [0.25, 0.3) is 5.91 Å². The summed E-state index contributed by atoms with van der Waals surface area (Å²) in [4.78, 5) is 12.8. The van der Waals surface area contributed by atoms with Crippen molar-refractivity contribution in [2.45, 2.75) is 13.0 Å². The lowest BCUT2D eigenvalue weighted by molar-refractivity contribution is 0.0951. The van der Waals surface area contributed by atoms with Crippen LogP contribution in [0.3, 0.4) is 0 Å². The number of hydrogen-bond acceptors (Lipinski definition) is 3. The van der Waals surface area contributed by atoms with Gasteiger partial charge < -0.3 is 10.4 Å². The zero-order valence-corrected chi connectivity index (χ0v) is 12.0. The molecule has 0 atom stereocenters. The molecule has 0 aliphatic rings. The third kappa shape index (κ3) is 4.71. The highest BCUT2D eigenvalue weighted by Gasteiger charge is 2.06. The number of amides is 1. The Balaban J connectivity index is 1.90. The van der Waals surface area contributed by atoms with Crippen LogP contribution in [-0.2, 0) is 6.54 Å². The normalized spacial score (nSPS) is 9.81. The molecule has 3 nitrogen and oxygen atoms in total. The highest BCUT2D eigenvalue weighted by molar-refractivity contribution is 7.10. The Morgan fingerprint density at radius 3 is 2.81 bits per heavy atom. The van der Waals surface area contributed by atoms with Crippen LogP contribution in [0.15, 0.2) is 35.7 Å². The summed E-state index contributed by atoms with van der Waals surface area (Å²) in [7, 11) is 0. The fraction of sp³-hybridized carbons (Fsp3) is 0.188. The molecule has 2 aromatic rings. The van der Waals surface area contributed by atoms with Gasteiger partial charge in [-0.3, -0.25) is 4.79 Å². The van der Waals surface area contributed by atoms with E-state index >= 15 is 0 Å². The number of aliphatic hydroxyl groups excluding tert-OH is 1. The number of halogens is 1. The zero-order valence-electron chi connectivity index (χ0n) is 11.2. The van der Waals surface area contributed by atoms with Gasteiger partial charge in [0.15, 0.2) is 0 Å². The molecule has 0 unspecified atom stereocenters. The molecule has 0 aliphatic carbocycles. The largest absolute Gasteiger partial charge is 0.395 e. The highest BCUT2D eigenvalue weighted by Crippen LogP contribution is 2.14. The average Bonchev–Trinajstić information content (AvgIpc) is 2.94. The quantitative estimate of drug-likeness (QED) is 0.853. The molecule has 0 spiro atoms. The molecule has 5 heteroatoms. The minimum absolute atomic E-state index is 0.0533. The maximum atomic E-state index is 12.8. The van der Waals surface area contributed by atoms with E-state index < -0.39 is 0 Å². The summed E-state index contributed by atoms with van der Waals surface area (Å²) < 4.78 is 12.8. The van der Waals surface area contributed by atoms with Gasteiger partial charge in [0, 0.05) is 27.8 Å². The first kappa shape index (κ1) is 15.2. The molecule has 0 bridgehead atoms. The van der Waals surface area contributed by atoms with Gasteiger partial charge in [-0.1, -0.05) is 11.8 Å². The first-order valence-electron chi connectivity index (χ1n) is 6.40. The van der Waals surface area contributed by atoms with Crippen LogP contribution >= 0.6 is 11.3 Å². The van der Waals surface area contributed by atoms with Crippen LogP contribution < -0.4 is 5.32 Å². The Morgan fingerprint density at radius 1 is 1.33 bits per heavy atom. The van der Waals surface area contributed by atoms with E-state index in [0.29, 0.717) is 18.5 Å². The summed E-state index contributed by atoms with van der Waals surface area (Å²) in [5, 5.41) is 13.3. The fourth-order valence-electron chi connectivity index (χ4n) is 1.63. The van der Waals surface area contributed by atoms with Gasteiger partial charge in [0.2, 0.25) is 0 Å². The van der Waals surface area contributed by atoms with Crippen LogP contribution in [0.5, 0.6) is 0 Å². The SMILES string of the molecule is O=C(NCc1cc(C#CCCO)cs1)c1ccc(F)cc1. The minimum atomic E-state index is -0.365. The number of hydrogen-bond donors (Lipinski definition) is 2. The molecule has 0 fully saturated rings. The maximum absolute atomic E-state index is 12.8. The van der Waals surface area contributed by atoms with Crippen molar-refractivity contribution in [3.63, 3.8) is 0 Å². The molecular weight excluding hydrogens is 289 g/mol. The molecule has 21 heavy (non-hydrogen) atoms. The van der Waals surface area contributed by atoms with E-state index in [-0.39, 0.29) is 18.3 Å². The van der Waals surface area contributed by atoms with E-state index in [2.05, 4.69) is 17.2 Å².